The molecule has 0 unspecified atom stereocenters. The summed E-state index contributed by atoms with van der Waals surface area (Å²) in [4.78, 5) is 25.9. The highest BCUT2D eigenvalue weighted by molar-refractivity contribution is 8.01. The molecule has 8 heteroatoms. The van der Waals surface area contributed by atoms with Crippen molar-refractivity contribution in [1.82, 2.24) is 10.2 Å². The number of halogens is 2. The van der Waals surface area contributed by atoms with E-state index < -0.39 is 17.0 Å². The van der Waals surface area contributed by atoms with Crippen molar-refractivity contribution in [3.05, 3.63) is 59.6 Å². The first kappa shape index (κ1) is 18.4. The molecule has 1 aliphatic rings. The summed E-state index contributed by atoms with van der Waals surface area (Å²) in [6.45, 7) is 2.15. The van der Waals surface area contributed by atoms with Gasteiger partial charge in [0.15, 0.2) is 0 Å². The van der Waals surface area contributed by atoms with E-state index in [1.165, 1.54) is 35.1 Å². The van der Waals surface area contributed by atoms with Crippen LogP contribution in [-0.2, 0) is 16.1 Å². The van der Waals surface area contributed by atoms with Crippen molar-refractivity contribution in [3.8, 4) is 0 Å². The third-order valence-electron chi connectivity index (χ3n) is 4.10. The minimum absolute atomic E-state index is 0.0824. The Balaban J connectivity index is 1.64. The fourth-order valence-corrected chi connectivity index (χ4v) is 4.09. The summed E-state index contributed by atoms with van der Waals surface area (Å²) in [7, 11) is 0. The van der Waals surface area contributed by atoms with E-state index in [4.69, 9.17) is 4.42 Å². The lowest BCUT2D eigenvalue weighted by molar-refractivity contribution is -0.130. The monoisotopic (exact) mass is 380 g/mol. The second-order valence-corrected chi connectivity index (χ2v) is 7.36. The Morgan fingerprint density at radius 1 is 1.35 bits per heavy atom. The highest BCUT2D eigenvalue weighted by Gasteiger charge is 2.39. The van der Waals surface area contributed by atoms with Gasteiger partial charge < -0.3 is 14.6 Å². The van der Waals surface area contributed by atoms with Crippen LogP contribution >= 0.6 is 11.8 Å². The molecule has 0 spiro atoms. The molecular formula is C18H18F2N2O3S. The number of amides is 2. The summed E-state index contributed by atoms with van der Waals surface area (Å²) >= 11 is 1.29. The SMILES string of the molecule is C[C@H]1S[C@@H](c2ccc(F)cc2F)N(CCC(=O)NCc2ccco2)C1=O. The topological polar surface area (TPSA) is 62.6 Å². The molecule has 2 heterocycles. The number of carbonyl (C=O) groups is 2. The first-order chi connectivity index (χ1) is 12.5. The normalized spacial score (nSPS) is 19.8. The summed E-state index contributed by atoms with van der Waals surface area (Å²) in [6, 6.07) is 6.79. The molecule has 1 aromatic heterocycles. The highest BCUT2D eigenvalue weighted by Crippen LogP contribution is 2.43. The van der Waals surface area contributed by atoms with Crippen LogP contribution in [-0.4, -0.2) is 28.5 Å². The van der Waals surface area contributed by atoms with Gasteiger partial charge in [-0.3, -0.25) is 9.59 Å². The fraction of sp³-hybridized carbons (Fsp3) is 0.333. The minimum atomic E-state index is -0.698. The first-order valence-corrected chi connectivity index (χ1v) is 9.10. The van der Waals surface area contributed by atoms with Crippen LogP contribution in [0.3, 0.4) is 0 Å². The van der Waals surface area contributed by atoms with Crippen LogP contribution in [0.1, 0.15) is 30.0 Å². The second kappa shape index (κ2) is 7.90. The van der Waals surface area contributed by atoms with Gasteiger partial charge in [-0.15, -0.1) is 11.8 Å². The quantitative estimate of drug-likeness (QED) is 0.836. The van der Waals surface area contributed by atoms with E-state index in [2.05, 4.69) is 5.32 Å². The van der Waals surface area contributed by atoms with Crippen LogP contribution in [0.15, 0.2) is 41.0 Å². The number of carbonyl (C=O) groups excluding carboxylic acids is 2. The molecule has 1 aliphatic heterocycles. The van der Waals surface area contributed by atoms with Gasteiger partial charge in [0.2, 0.25) is 11.8 Å². The Labute approximate surface area is 153 Å². The average Bonchev–Trinajstić information content (AvgIpc) is 3.21. The maximum absolute atomic E-state index is 14.1. The molecule has 0 aliphatic carbocycles. The lowest BCUT2D eigenvalue weighted by Crippen LogP contribution is -2.34. The smallest absolute Gasteiger partial charge is 0.236 e. The zero-order chi connectivity index (χ0) is 18.7. The summed E-state index contributed by atoms with van der Waals surface area (Å²) in [5, 5.41) is 1.78. The highest BCUT2D eigenvalue weighted by atomic mass is 32.2. The van der Waals surface area contributed by atoms with Gasteiger partial charge in [-0.1, -0.05) is 6.07 Å². The van der Waals surface area contributed by atoms with Crippen LogP contribution in [0.4, 0.5) is 8.78 Å². The Kier molecular flexibility index (Phi) is 5.61. The Hall–Kier alpha value is -2.35. The predicted molar refractivity (Wildman–Crippen MR) is 93.0 cm³/mol. The van der Waals surface area contributed by atoms with Crippen molar-refractivity contribution in [2.75, 3.05) is 6.54 Å². The van der Waals surface area contributed by atoms with Gasteiger partial charge in [0, 0.05) is 24.6 Å². The number of rotatable bonds is 6. The van der Waals surface area contributed by atoms with E-state index in [-0.39, 0.29) is 42.1 Å². The van der Waals surface area contributed by atoms with Crippen molar-refractivity contribution >= 4 is 23.6 Å². The van der Waals surface area contributed by atoms with Crippen molar-refractivity contribution in [2.45, 2.75) is 30.5 Å². The number of nitrogens with one attached hydrogen (secondary N) is 1. The van der Waals surface area contributed by atoms with Gasteiger partial charge in [-0.2, -0.15) is 0 Å². The van der Waals surface area contributed by atoms with Crippen molar-refractivity contribution in [3.63, 3.8) is 0 Å². The summed E-state index contributed by atoms with van der Waals surface area (Å²) in [6.07, 6.45) is 1.60. The zero-order valence-corrected chi connectivity index (χ0v) is 14.9. The molecule has 2 amide bonds. The second-order valence-electron chi connectivity index (χ2n) is 5.93. The molecule has 1 saturated heterocycles. The summed E-state index contributed by atoms with van der Waals surface area (Å²) < 4.78 is 32.4. The molecule has 1 N–H and O–H groups in total. The zero-order valence-electron chi connectivity index (χ0n) is 14.1. The molecule has 1 aromatic carbocycles. The largest absolute Gasteiger partial charge is 0.467 e. The van der Waals surface area contributed by atoms with Crippen molar-refractivity contribution in [1.29, 1.82) is 0 Å². The van der Waals surface area contributed by atoms with Gasteiger partial charge in [0.1, 0.15) is 22.8 Å². The lowest BCUT2D eigenvalue weighted by atomic mass is 10.1. The van der Waals surface area contributed by atoms with E-state index in [1.807, 2.05) is 0 Å². The molecule has 138 valence electrons. The Morgan fingerprint density at radius 2 is 2.15 bits per heavy atom. The number of hydrogen-bond acceptors (Lipinski definition) is 4. The molecule has 3 rings (SSSR count). The number of thioether (sulfide) groups is 1. The molecular weight excluding hydrogens is 362 g/mol. The van der Waals surface area contributed by atoms with E-state index in [0.29, 0.717) is 5.76 Å². The van der Waals surface area contributed by atoms with Gasteiger partial charge >= 0.3 is 0 Å². The van der Waals surface area contributed by atoms with E-state index in [9.17, 15) is 18.4 Å². The lowest BCUT2D eigenvalue weighted by Gasteiger charge is -2.24. The van der Waals surface area contributed by atoms with Crippen LogP contribution in [0.2, 0.25) is 0 Å². The minimum Gasteiger partial charge on any atom is -0.467 e. The van der Waals surface area contributed by atoms with E-state index in [0.717, 1.165) is 6.07 Å². The van der Waals surface area contributed by atoms with Crippen LogP contribution in [0, 0.1) is 11.6 Å². The number of furan rings is 1. The standard InChI is InChI=1S/C18H18F2N2O3S/c1-11-17(24)22(7-6-16(23)21-10-13-3-2-8-25-13)18(26-11)14-5-4-12(19)9-15(14)20/h2-5,8-9,11,18H,6-7,10H2,1H3,(H,21,23)/t11-,18+/m1/s1. The number of benzene rings is 1. The third-order valence-corrected chi connectivity index (χ3v) is 5.47. The molecule has 2 atom stereocenters. The third kappa shape index (κ3) is 4.07. The number of nitrogens with zero attached hydrogens (tertiary/aromatic N) is 1. The average molecular weight is 380 g/mol. The molecule has 1 fully saturated rings. The maximum atomic E-state index is 14.1. The molecule has 26 heavy (non-hydrogen) atoms. The first-order valence-electron chi connectivity index (χ1n) is 8.15. The summed E-state index contributed by atoms with van der Waals surface area (Å²) in [5.41, 5.74) is 0.241. The molecule has 0 saturated carbocycles. The van der Waals surface area contributed by atoms with Crippen LogP contribution in [0.5, 0.6) is 0 Å². The van der Waals surface area contributed by atoms with Crippen LogP contribution in [0.25, 0.3) is 0 Å². The van der Waals surface area contributed by atoms with Gasteiger partial charge in [-0.25, -0.2) is 8.78 Å². The Bertz CT molecular complexity index is 798. The molecule has 2 aromatic rings. The van der Waals surface area contributed by atoms with Gasteiger partial charge in [0.25, 0.3) is 0 Å². The molecule has 5 nitrogen and oxygen atoms in total. The van der Waals surface area contributed by atoms with Gasteiger partial charge in [-0.05, 0) is 25.1 Å². The molecule has 0 radical (unpaired) electrons. The van der Waals surface area contributed by atoms with Crippen molar-refractivity contribution in [2.24, 2.45) is 0 Å². The van der Waals surface area contributed by atoms with Gasteiger partial charge in [0.05, 0.1) is 18.1 Å². The predicted octanol–water partition coefficient (Wildman–Crippen LogP) is 3.23. The van der Waals surface area contributed by atoms with E-state index >= 15 is 0 Å². The van der Waals surface area contributed by atoms with E-state index in [1.54, 1.807) is 19.1 Å². The molecule has 0 bridgehead atoms. The Morgan fingerprint density at radius 3 is 2.85 bits per heavy atom. The van der Waals surface area contributed by atoms with Crippen molar-refractivity contribution < 1.29 is 22.8 Å². The van der Waals surface area contributed by atoms with Crippen LogP contribution < -0.4 is 5.32 Å². The summed E-state index contributed by atoms with van der Waals surface area (Å²) in [5.74, 6) is -1.14. The maximum Gasteiger partial charge on any atom is 0.236 e. The fourth-order valence-electron chi connectivity index (χ4n) is 2.75. The number of hydrogen-bond donors (Lipinski definition) is 1.